The van der Waals surface area contributed by atoms with E-state index < -0.39 is 0 Å². The van der Waals surface area contributed by atoms with Crippen LogP contribution in [0.2, 0.25) is 0 Å². The van der Waals surface area contributed by atoms with E-state index in [2.05, 4.69) is 50.7 Å². The maximum atomic E-state index is 6.07. The molecule has 4 heteroatoms. The van der Waals surface area contributed by atoms with Crippen LogP contribution in [0, 0.1) is 0 Å². The fraction of sp³-hybridized carbons (Fsp3) is 0.250. The van der Waals surface area contributed by atoms with Gasteiger partial charge in [0, 0.05) is 25.7 Å². The number of nitrogens with two attached hydrogens (primary N) is 1. The molecule has 0 bridgehead atoms. The summed E-state index contributed by atoms with van der Waals surface area (Å²) >= 11 is 7.01. The number of fused-ring (bicyclic) bond motifs is 1. The van der Waals surface area contributed by atoms with Crippen LogP contribution >= 0.6 is 31.9 Å². The first-order valence-corrected chi connectivity index (χ1v) is 6.63. The summed E-state index contributed by atoms with van der Waals surface area (Å²) in [5, 5.41) is 0.971. The Bertz CT molecular complexity index is 550. The van der Waals surface area contributed by atoms with Crippen molar-refractivity contribution in [3.8, 4) is 0 Å². The molecule has 2 rings (SSSR count). The zero-order chi connectivity index (χ0) is 11.9. The third-order valence-corrected chi connectivity index (χ3v) is 3.80. The van der Waals surface area contributed by atoms with E-state index in [0.717, 1.165) is 31.2 Å². The van der Waals surface area contributed by atoms with Crippen LogP contribution in [0.25, 0.3) is 10.9 Å². The summed E-state index contributed by atoms with van der Waals surface area (Å²) in [6.45, 7) is 4.22. The molecule has 1 heterocycles. The highest BCUT2D eigenvalue weighted by Gasteiger charge is 2.11. The Balaban J connectivity index is 2.86. The molecule has 0 aliphatic carbocycles. The molecule has 2 nitrogen and oxygen atoms in total. The fourth-order valence-electron chi connectivity index (χ4n) is 1.61. The van der Waals surface area contributed by atoms with Gasteiger partial charge in [-0.3, -0.25) is 4.98 Å². The molecule has 0 spiro atoms. The molecular formula is C12H12Br2N2. The van der Waals surface area contributed by atoms with Crippen molar-refractivity contribution in [1.29, 1.82) is 0 Å². The molecule has 16 heavy (non-hydrogen) atoms. The number of aromatic nitrogens is 1. The molecule has 0 saturated carbocycles. The highest BCUT2D eigenvalue weighted by atomic mass is 79.9. The molecule has 2 aromatic rings. The summed E-state index contributed by atoms with van der Waals surface area (Å²) in [4.78, 5) is 4.64. The Labute approximate surface area is 112 Å². The average Bonchev–Trinajstić information content (AvgIpc) is 2.22. The molecule has 0 amide bonds. The van der Waals surface area contributed by atoms with Gasteiger partial charge in [0.2, 0.25) is 0 Å². The van der Waals surface area contributed by atoms with Crippen molar-refractivity contribution in [2.45, 2.75) is 19.8 Å². The van der Waals surface area contributed by atoms with E-state index >= 15 is 0 Å². The van der Waals surface area contributed by atoms with Gasteiger partial charge >= 0.3 is 0 Å². The lowest BCUT2D eigenvalue weighted by Crippen LogP contribution is -1.98. The topological polar surface area (TPSA) is 38.9 Å². The second-order valence-corrected chi connectivity index (χ2v) is 5.75. The first-order chi connectivity index (χ1) is 7.50. The lowest BCUT2D eigenvalue weighted by Gasteiger charge is -2.11. The molecule has 0 atom stereocenters. The van der Waals surface area contributed by atoms with Crippen molar-refractivity contribution in [1.82, 2.24) is 4.98 Å². The summed E-state index contributed by atoms with van der Waals surface area (Å²) in [6, 6.07) is 5.90. The molecule has 84 valence electrons. The van der Waals surface area contributed by atoms with Crippen molar-refractivity contribution in [2.24, 2.45) is 0 Å². The van der Waals surface area contributed by atoms with Crippen LogP contribution in [0.3, 0.4) is 0 Å². The van der Waals surface area contributed by atoms with E-state index in [1.54, 1.807) is 0 Å². The Hall–Kier alpha value is -0.610. The van der Waals surface area contributed by atoms with E-state index in [9.17, 15) is 0 Å². The molecule has 2 N–H and O–H groups in total. The zero-order valence-corrected chi connectivity index (χ0v) is 12.3. The number of rotatable bonds is 1. The second-order valence-electron chi connectivity index (χ2n) is 4.04. The van der Waals surface area contributed by atoms with Gasteiger partial charge < -0.3 is 5.73 Å². The van der Waals surface area contributed by atoms with Crippen LogP contribution in [0.4, 0.5) is 5.69 Å². The first-order valence-electron chi connectivity index (χ1n) is 5.05. The predicted octanol–water partition coefficient (Wildman–Crippen LogP) is 4.47. The van der Waals surface area contributed by atoms with Crippen molar-refractivity contribution in [3.63, 3.8) is 0 Å². The molecule has 0 fully saturated rings. The van der Waals surface area contributed by atoms with Crippen molar-refractivity contribution >= 4 is 48.5 Å². The number of pyridine rings is 1. The van der Waals surface area contributed by atoms with Gasteiger partial charge in [0.05, 0.1) is 5.52 Å². The SMILES string of the molecule is CC(C)c1cc(N)c2c(Br)ccc(Br)c2n1. The summed E-state index contributed by atoms with van der Waals surface area (Å²) in [6.07, 6.45) is 0. The number of nitrogens with zero attached hydrogens (tertiary/aromatic N) is 1. The molecule has 0 unspecified atom stereocenters. The van der Waals surface area contributed by atoms with Gasteiger partial charge in [-0.25, -0.2) is 0 Å². The normalized spacial score (nSPS) is 11.3. The molecule has 1 aromatic carbocycles. The third-order valence-electron chi connectivity index (χ3n) is 2.50. The number of benzene rings is 1. The summed E-state index contributed by atoms with van der Waals surface area (Å²) in [7, 11) is 0. The molecular weight excluding hydrogens is 332 g/mol. The van der Waals surface area contributed by atoms with Gasteiger partial charge in [-0.1, -0.05) is 29.8 Å². The lowest BCUT2D eigenvalue weighted by atomic mass is 10.1. The molecule has 0 aliphatic heterocycles. The number of nitrogen functional groups attached to an aromatic ring is 1. The second kappa shape index (κ2) is 4.34. The predicted molar refractivity (Wildman–Crippen MR) is 75.6 cm³/mol. The van der Waals surface area contributed by atoms with E-state index in [4.69, 9.17) is 5.73 Å². The minimum atomic E-state index is 0.373. The molecule has 1 aromatic heterocycles. The average molecular weight is 344 g/mol. The minimum absolute atomic E-state index is 0.373. The van der Waals surface area contributed by atoms with E-state index in [-0.39, 0.29) is 0 Å². The van der Waals surface area contributed by atoms with E-state index in [1.165, 1.54) is 0 Å². The number of hydrogen-bond donors (Lipinski definition) is 1. The van der Waals surface area contributed by atoms with E-state index in [0.29, 0.717) is 5.92 Å². The van der Waals surface area contributed by atoms with Gasteiger partial charge in [0.25, 0.3) is 0 Å². The fourth-order valence-corrected chi connectivity index (χ4v) is 2.58. The smallest absolute Gasteiger partial charge is 0.0879 e. The largest absolute Gasteiger partial charge is 0.398 e. The minimum Gasteiger partial charge on any atom is -0.398 e. The number of hydrogen-bond acceptors (Lipinski definition) is 2. The lowest BCUT2D eigenvalue weighted by molar-refractivity contribution is 0.830. The van der Waals surface area contributed by atoms with Crippen molar-refractivity contribution < 1.29 is 0 Å². The Morgan fingerprint density at radius 3 is 2.44 bits per heavy atom. The standard InChI is InChI=1S/C12H12Br2N2/c1-6(2)10-5-9(15)11-7(13)3-4-8(14)12(11)16-10/h3-6H,1-2H3,(H2,15,16). The van der Waals surface area contributed by atoms with Crippen molar-refractivity contribution in [2.75, 3.05) is 5.73 Å². The van der Waals surface area contributed by atoms with Gasteiger partial charge in [-0.2, -0.15) is 0 Å². The summed E-state index contributed by atoms with van der Waals surface area (Å²) in [5.74, 6) is 0.373. The Morgan fingerprint density at radius 2 is 1.81 bits per heavy atom. The van der Waals surface area contributed by atoms with Gasteiger partial charge in [0.15, 0.2) is 0 Å². The quantitative estimate of drug-likeness (QED) is 0.829. The molecule has 0 saturated heterocycles. The monoisotopic (exact) mass is 342 g/mol. The van der Waals surface area contributed by atoms with E-state index in [1.807, 2.05) is 18.2 Å². The van der Waals surface area contributed by atoms with Crippen LogP contribution in [-0.2, 0) is 0 Å². The van der Waals surface area contributed by atoms with Crippen LogP contribution in [0.1, 0.15) is 25.5 Å². The maximum absolute atomic E-state index is 6.07. The molecule has 0 aliphatic rings. The van der Waals surface area contributed by atoms with Crippen LogP contribution in [0.15, 0.2) is 27.1 Å². The highest BCUT2D eigenvalue weighted by molar-refractivity contribution is 9.11. The summed E-state index contributed by atoms with van der Waals surface area (Å²) < 4.78 is 1.95. The Morgan fingerprint density at radius 1 is 1.19 bits per heavy atom. The van der Waals surface area contributed by atoms with Crippen LogP contribution < -0.4 is 5.73 Å². The summed E-state index contributed by atoms with van der Waals surface area (Å²) in [5.41, 5.74) is 8.77. The maximum Gasteiger partial charge on any atom is 0.0879 e. The third kappa shape index (κ3) is 1.96. The van der Waals surface area contributed by atoms with Gasteiger partial charge in [-0.15, -0.1) is 0 Å². The highest BCUT2D eigenvalue weighted by Crippen LogP contribution is 2.34. The first kappa shape index (κ1) is 11.9. The number of halogens is 2. The van der Waals surface area contributed by atoms with Crippen LogP contribution in [-0.4, -0.2) is 4.98 Å². The number of anilines is 1. The van der Waals surface area contributed by atoms with Gasteiger partial charge in [0.1, 0.15) is 0 Å². The van der Waals surface area contributed by atoms with Crippen LogP contribution in [0.5, 0.6) is 0 Å². The Kier molecular flexibility index (Phi) is 3.22. The van der Waals surface area contributed by atoms with Gasteiger partial charge in [-0.05, 0) is 40.0 Å². The van der Waals surface area contributed by atoms with Crippen molar-refractivity contribution in [3.05, 3.63) is 32.8 Å². The molecule has 0 radical (unpaired) electrons. The zero-order valence-electron chi connectivity index (χ0n) is 9.09.